The van der Waals surface area contributed by atoms with Gasteiger partial charge in [0.2, 0.25) is 0 Å². The molecular weight excluding hydrogens is 481 g/mol. The second-order valence-corrected chi connectivity index (χ2v) is 8.15. The molecule has 0 atom stereocenters. The van der Waals surface area contributed by atoms with Crippen LogP contribution in [0.5, 0.6) is 0 Å². The fraction of sp³-hybridized carbons (Fsp3) is 0.120. The normalized spacial score (nSPS) is 11.3. The largest absolute Gasteiger partial charge is 0.417 e. The molecule has 0 aliphatic rings. The van der Waals surface area contributed by atoms with E-state index in [0.717, 1.165) is 28.6 Å². The van der Waals surface area contributed by atoms with E-state index in [9.17, 15) is 22.8 Å². The number of urea groups is 1. The average molecular weight is 501 g/mol. The number of rotatable bonds is 6. The number of amides is 3. The van der Waals surface area contributed by atoms with Crippen molar-refractivity contribution < 1.29 is 22.8 Å². The molecule has 4 rings (SSSR count). The van der Waals surface area contributed by atoms with Crippen LogP contribution in [0.4, 0.5) is 29.3 Å². The number of alkyl halides is 3. The zero-order valence-electron chi connectivity index (χ0n) is 18.2. The monoisotopic (exact) mass is 500 g/mol. The molecule has 6 nitrogen and oxygen atoms in total. The van der Waals surface area contributed by atoms with Crippen LogP contribution < -0.4 is 16.0 Å². The van der Waals surface area contributed by atoms with Gasteiger partial charge in [-0.3, -0.25) is 4.79 Å². The van der Waals surface area contributed by atoms with E-state index in [1.807, 2.05) is 24.3 Å². The molecule has 0 aliphatic carbocycles. The van der Waals surface area contributed by atoms with Crippen LogP contribution in [0.3, 0.4) is 0 Å². The number of carbonyl (C=O) groups is 2. The number of aromatic nitrogens is 1. The zero-order valence-corrected chi connectivity index (χ0v) is 18.9. The van der Waals surface area contributed by atoms with Crippen molar-refractivity contribution in [3.05, 3.63) is 94.6 Å². The SMILES string of the molecule is O=C(Nc1ccc(CCNC(=O)c2cc3ccccc3[nH]2)cc1)Nc1ccc(Cl)c(C(F)(F)F)c1. The molecule has 1 aromatic heterocycles. The van der Waals surface area contributed by atoms with Gasteiger partial charge in [-0.2, -0.15) is 13.2 Å². The zero-order chi connectivity index (χ0) is 25.0. The summed E-state index contributed by atoms with van der Waals surface area (Å²) in [6.45, 7) is 0.416. The number of anilines is 2. The summed E-state index contributed by atoms with van der Waals surface area (Å²) < 4.78 is 38.9. The van der Waals surface area contributed by atoms with Crippen LogP contribution in [0.1, 0.15) is 21.6 Å². The molecule has 0 unspecified atom stereocenters. The van der Waals surface area contributed by atoms with Crippen molar-refractivity contribution >= 4 is 45.8 Å². The first kappa shape index (κ1) is 24.2. The third kappa shape index (κ3) is 6.13. The fourth-order valence-electron chi connectivity index (χ4n) is 3.48. The summed E-state index contributed by atoms with van der Waals surface area (Å²) in [6.07, 6.45) is -4.06. The van der Waals surface area contributed by atoms with Gasteiger partial charge in [0.15, 0.2) is 0 Å². The van der Waals surface area contributed by atoms with Crippen LogP contribution in [-0.4, -0.2) is 23.5 Å². The third-order valence-electron chi connectivity index (χ3n) is 5.22. The first-order valence-electron chi connectivity index (χ1n) is 10.6. The summed E-state index contributed by atoms with van der Waals surface area (Å²) in [6, 6.07) is 18.8. The summed E-state index contributed by atoms with van der Waals surface area (Å²) in [7, 11) is 0. The summed E-state index contributed by atoms with van der Waals surface area (Å²) in [5, 5.41) is 8.29. The van der Waals surface area contributed by atoms with Gasteiger partial charge in [-0.25, -0.2) is 4.79 Å². The van der Waals surface area contributed by atoms with E-state index >= 15 is 0 Å². The molecule has 0 bridgehead atoms. The Balaban J connectivity index is 1.27. The van der Waals surface area contributed by atoms with E-state index in [1.165, 1.54) is 6.07 Å². The van der Waals surface area contributed by atoms with Crippen molar-refractivity contribution in [1.82, 2.24) is 10.3 Å². The van der Waals surface area contributed by atoms with E-state index in [2.05, 4.69) is 20.9 Å². The van der Waals surface area contributed by atoms with Gasteiger partial charge in [0.25, 0.3) is 5.91 Å². The lowest BCUT2D eigenvalue weighted by molar-refractivity contribution is -0.137. The lowest BCUT2D eigenvalue weighted by atomic mass is 10.1. The summed E-state index contributed by atoms with van der Waals surface area (Å²) in [4.78, 5) is 27.6. The number of halogens is 4. The van der Waals surface area contributed by atoms with Crippen LogP contribution in [0, 0.1) is 0 Å². The fourth-order valence-corrected chi connectivity index (χ4v) is 3.70. The first-order chi connectivity index (χ1) is 16.7. The van der Waals surface area contributed by atoms with E-state index in [4.69, 9.17) is 11.6 Å². The highest BCUT2D eigenvalue weighted by atomic mass is 35.5. The molecule has 0 saturated heterocycles. The predicted octanol–water partition coefficient (Wildman–Crippen LogP) is 6.46. The lowest BCUT2D eigenvalue weighted by Gasteiger charge is -2.12. The molecule has 180 valence electrons. The molecule has 35 heavy (non-hydrogen) atoms. The maximum atomic E-state index is 13.0. The van der Waals surface area contributed by atoms with Crippen LogP contribution in [0.15, 0.2) is 72.8 Å². The van der Waals surface area contributed by atoms with Gasteiger partial charge in [-0.15, -0.1) is 0 Å². The van der Waals surface area contributed by atoms with Crippen molar-refractivity contribution in [2.24, 2.45) is 0 Å². The molecule has 4 aromatic rings. The van der Waals surface area contributed by atoms with Crippen molar-refractivity contribution in [2.45, 2.75) is 12.6 Å². The van der Waals surface area contributed by atoms with Gasteiger partial charge >= 0.3 is 12.2 Å². The molecule has 3 aromatic carbocycles. The minimum Gasteiger partial charge on any atom is -0.351 e. The van der Waals surface area contributed by atoms with Crippen LogP contribution in [0.25, 0.3) is 10.9 Å². The van der Waals surface area contributed by atoms with E-state index in [0.29, 0.717) is 24.3 Å². The molecule has 0 spiro atoms. The van der Waals surface area contributed by atoms with Crippen molar-refractivity contribution in [3.8, 4) is 0 Å². The molecule has 0 radical (unpaired) electrons. The molecule has 4 N–H and O–H groups in total. The number of para-hydroxylation sites is 1. The summed E-state index contributed by atoms with van der Waals surface area (Å²) >= 11 is 5.59. The maximum absolute atomic E-state index is 13.0. The molecule has 0 aliphatic heterocycles. The topological polar surface area (TPSA) is 86.0 Å². The number of aromatic amines is 1. The van der Waals surface area contributed by atoms with Crippen molar-refractivity contribution in [1.29, 1.82) is 0 Å². The Morgan fingerprint density at radius 1 is 0.886 bits per heavy atom. The Bertz CT molecular complexity index is 1330. The van der Waals surface area contributed by atoms with Gasteiger partial charge in [-0.1, -0.05) is 41.9 Å². The Labute approximate surface area is 203 Å². The Morgan fingerprint density at radius 2 is 1.57 bits per heavy atom. The highest BCUT2D eigenvalue weighted by Gasteiger charge is 2.33. The highest BCUT2D eigenvalue weighted by Crippen LogP contribution is 2.36. The molecule has 10 heteroatoms. The van der Waals surface area contributed by atoms with Gasteiger partial charge in [0.05, 0.1) is 10.6 Å². The smallest absolute Gasteiger partial charge is 0.351 e. The molecule has 1 heterocycles. The van der Waals surface area contributed by atoms with Crippen LogP contribution in [-0.2, 0) is 12.6 Å². The Hall–Kier alpha value is -3.98. The number of benzene rings is 3. The van der Waals surface area contributed by atoms with Gasteiger partial charge in [0.1, 0.15) is 5.69 Å². The summed E-state index contributed by atoms with van der Waals surface area (Å²) in [5.41, 5.74) is 1.69. The van der Waals surface area contributed by atoms with Gasteiger partial charge in [0, 0.05) is 28.8 Å². The number of fused-ring (bicyclic) bond motifs is 1. The molecular formula is C25H20ClF3N4O2. The first-order valence-corrected chi connectivity index (χ1v) is 11.0. The molecule has 0 fully saturated rings. The number of carbonyl (C=O) groups excluding carboxylic acids is 2. The standard InChI is InChI=1S/C25H20ClF3N4O2/c26-20-10-9-18(14-19(20)25(27,28)29)32-24(35)31-17-7-5-15(6-8-17)11-12-30-23(34)22-13-16-3-1-2-4-21(16)33-22/h1-10,13-14,33H,11-12H2,(H,30,34)(H2,31,32,35). The van der Waals surface area contributed by atoms with E-state index in [1.54, 1.807) is 30.3 Å². The predicted molar refractivity (Wildman–Crippen MR) is 130 cm³/mol. The van der Waals surface area contributed by atoms with Gasteiger partial charge < -0.3 is 20.9 Å². The summed E-state index contributed by atoms with van der Waals surface area (Å²) in [5.74, 6) is -0.202. The van der Waals surface area contributed by atoms with Crippen LogP contribution in [0.2, 0.25) is 5.02 Å². The Morgan fingerprint density at radius 3 is 2.29 bits per heavy atom. The molecule has 3 amide bonds. The van der Waals surface area contributed by atoms with Crippen molar-refractivity contribution in [2.75, 3.05) is 17.2 Å². The Kier molecular flexibility index (Phi) is 6.97. The average Bonchev–Trinajstić information content (AvgIpc) is 3.25. The number of hydrogen-bond acceptors (Lipinski definition) is 2. The van der Waals surface area contributed by atoms with E-state index in [-0.39, 0.29) is 11.6 Å². The van der Waals surface area contributed by atoms with Gasteiger partial charge in [-0.05, 0) is 54.4 Å². The number of H-pyrrole nitrogens is 1. The second-order valence-electron chi connectivity index (χ2n) is 7.74. The van der Waals surface area contributed by atoms with Crippen molar-refractivity contribution in [3.63, 3.8) is 0 Å². The quantitative estimate of drug-likeness (QED) is 0.245. The third-order valence-corrected chi connectivity index (χ3v) is 5.54. The second kappa shape index (κ2) is 10.1. The highest BCUT2D eigenvalue weighted by molar-refractivity contribution is 6.31. The molecule has 0 saturated carbocycles. The lowest BCUT2D eigenvalue weighted by Crippen LogP contribution is -2.25. The number of hydrogen-bond donors (Lipinski definition) is 4. The minimum absolute atomic E-state index is 0.0402. The minimum atomic E-state index is -4.63. The van der Waals surface area contributed by atoms with Crippen LogP contribution >= 0.6 is 11.6 Å². The number of nitrogens with one attached hydrogen (secondary N) is 4. The maximum Gasteiger partial charge on any atom is 0.417 e. The van der Waals surface area contributed by atoms with E-state index < -0.39 is 22.8 Å².